The van der Waals surface area contributed by atoms with E-state index in [1.807, 2.05) is 42.7 Å². The van der Waals surface area contributed by atoms with E-state index in [4.69, 9.17) is 9.84 Å². The van der Waals surface area contributed by atoms with Crippen molar-refractivity contribution >= 4 is 38.9 Å². The van der Waals surface area contributed by atoms with Crippen LogP contribution in [0.15, 0.2) is 52.3 Å². The summed E-state index contributed by atoms with van der Waals surface area (Å²) in [6.45, 7) is 4.75. The Kier molecular flexibility index (Phi) is 7.77. The van der Waals surface area contributed by atoms with E-state index in [-0.39, 0.29) is 23.7 Å². The lowest BCUT2D eigenvalue weighted by Crippen LogP contribution is -2.35. The average molecular weight is 478 g/mol. The van der Waals surface area contributed by atoms with Gasteiger partial charge >= 0.3 is 5.97 Å². The predicted molar refractivity (Wildman–Crippen MR) is 129 cm³/mol. The second-order valence-corrected chi connectivity index (χ2v) is 11.4. The van der Waals surface area contributed by atoms with E-state index in [0.717, 1.165) is 29.8 Å². The summed E-state index contributed by atoms with van der Waals surface area (Å²) in [5, 5.41) is 8.93. The Morgan fingerprint density at radius 1 is 1.25 bits per heavy atom. The Morgan fingerprint density at radius 2 is 1.97 bits per heavy atom. The van der Waals surface area contributed by atoms with Gasteiger partial charge in [0.25, 0.3) is 0 Å². The molecule has 0 amide bonds. The van der Waals surface area contributed by atoms with Crippen molar-refractivity contribution in [1.29, 1.82) is 0 Å². The Labute approximate surface area is 194 Å². The summed E-state index contributed by atoms with van der Waals surface area (Å²) in [6.07, 6.45) is 4.53. The van der Waals surface area contributed by atoms with E-state index in [1.165, 1.54) is 11.8 Å². The Balaban J connectivity index is 2.15. The van der Waals surface area contributed by atoms with Crippen molar-refractivity contribution in [2.24, 2.45) is 5.41 Å². The smallest absolute Gasteiger partial charge is 0.306 e. The molecule has 1 atom stereocenters. The van der Waals surface area contributed by atoms with Gasteiger partial charge in [-0.3, -0.25) is 4.79 Å². The van der Waals surface area contributed by atoms with Crippen molar-refractivity contribution in [3.05, 3.63) is 42.5 Å². The molecule has 0 saturated heterocycles. The molecule has 1 aliphatic rings. The molecule has 0 spiro atoms. The fourth-order valence-electron chi connectivity index (χ4n) is 4.15. The summed E-state index contributed by atoms with van der Waals surface area (Å²) in [4.78, 5) is 14.0. The number of hydrogen-bond acceptors (Lipinski definition) is 6. The first-order valence-electron chi connectivity index (χ1n) is 10.8. The van der Waals surface area contributed by atoms with E-state index in [1.54, 1.807) is 6.07 Å². The number of hydrogen-bond donors (Lipinski definition) is 1. The second-order valence-electron chi connectivity index (χ2n) is 8.56. The van der Waals surface area contributed by atoms with Crippen LogP contribution in [0, 0.1) is 5.41 Å². The Bertz CT molecular complexity index is 1060. The molecule has 0 aromatic heterocycles. The molecule has 0 radical (unpaired) electrons. The average Bonchev–Trinajstić information content (AvgIpc) is 2.84. The number of carboxylic acids is 1. The lowest BCUT2D eigenvalue weighted by Gasteiger charge is -2.34. The van der Waals surface area contributed by atoms with Crippen LogP contribution in [0.2, 0.25) is 0 Å². The highest BCUT2D eigenvalue weighted by Gasteiger charge is 2.40. The van der Waals surface area contributed by atoms with Gasteiger partial charge in [0.2, 0.25) is 0 Å². The second kappa shape index (κ2) is 10.2. The van der Waals surface area contributed by atoms with Gasteiger partial charge in [-0.25, -0.2) is 8.42 Å². The third-order valence-corrected chi connectivity index (χ3v) is 8.56. The minimum atomic E-state index is -3.59. The summed E-state index contributed by atoms with van der Waals surface area (Å²) < 4.78 is 32.9. The van der Waals surface area contributed by atoms with Crippen LogP contribution < -0.4 is 9.64 Å². The topological polar surface area (TPSA) is 83.9 Å². The van der Waals surface area contributed by atoms with Crippen LogP contribution in [-0.2, 0) is 14.6 Å². The van der Waals surface area contributed by atoms with Gasteiger partial charge < -0.3 is 14.7 Å². The van der Waals surface area contributed by atoms with E-state index >= 15 is 0 Å². The Hall–Kier alpha value is -2.19. The number of fused-ring (bicyclic) bond motifs is 1. The van der Waals surface area contributed by atoms with Crippen molar-refractivity contribution in [3.63, 3.8) is 0 Å². The van der Waals surface area contributed by atoms with E-state index in [2.05, 4.69) is 18.7 Å². The molecule has 1 heterocycles. The van der Waals surface area contributed by atoms with Gasteiger partial charge in [0.05, 0.1) is 34.3 Å². The standard InChI is InChI=1S/C24H31NO5S2/c1-4-5-12-24(2)16-25(18-9-7-6-8-10-18)19-14-21(31-3)20(30-13-11-23(26)27)15-22(19)32(28,29)17-24/h6-10,14-15H,4-5,11-13,16-17H2,1-3H3,(H,26,27)/t24-/m0/s1. The van der Waals surface area contributed by atoms with Gasteiger partial charge in [0, 0.05) is 18.3 Å². The summed E-state index contributed by atoms with van der Waals surface area (Å²) in [7, 11) is -3.59. The molecule has 0 saturated carbocycles. The van der Waals surface area contributed by atoms with Gasteiger partial charge in [0.15, 0.2) is 9.84 Å². The van der Waals surface area contributed by atoms with E-state index < -0.39 is 21.2 Å². The maximum atomic E-state index is 13.6. The highest BCUT2D eigenvalue weighted by Crippen LogP contribution is 2.46. The number of anilines is 2. The minimum absolute atomic E-state index is 0.0155. The van der Waals surface area contributed by atoms with Gasteiger partial charge in [-0.2, -0.15) is 0 Å². The molecule has 3 rings (SSSR count). The molecule has 0 fully saturated rings. The molecule has 174 valence electrons. The Morgan fingerprint density at radius 3 is 2.59 bits per heavy atom. The summed E-state index contributed by atoms with van der Waals surface area (Å²) in [6, 6.07) is 13.3. The van der Waals surface area contributed by atoms with Crippen LogP contribution in [0.1, 0.15) is 39.5 Å². The normalized spacial score (nSPS) is 19.8. The lowest BCUT2D eigenvalue weighted by atomic mass is 9.86. The third kappa shape index (κ3) is 5.59. The largest absolute Gasteiger partial charge is 0.492 e. The molecule has 1 aliphatic heterocycles. The van der Waals surface area contributed by atoms with Gasteiger partial charge in [-0.1, -0.05) is 44.9 Å². The molecule has 0 aliphatic carbocycles. The number of benzene rings is 2. The van der Waals surface area contributed by atoms with Crippen molar-refractivity contribution in [3.8, 4) is 5.75 Å². The third-order valence-electron chi connectivity index (χ3n) is 5.72. The molecule has 0 unspecified atom stereocenters. The number of para-hydroxylation sites is 1. The van der Waals surface area contributed by atoms with Crippen LogP contribution in [-0.4, -0.2) is 44.7 Å². The molecule has 6 nitrogen and oxygen atoms in total. The molecular formula is C24H31NO5S2. The molecule has 2 aromatic carbocycles. The number of unbranched alkanes of at least 4 members (excludes halogenated alkanes) is 1. The number of ether oxygens (including phenoxy) is 1. The SMILES string of the molecule is CCCC[C@@]1(C)CN(c2ccccc2)c2cc(SC)c(OCCC(=O)O)cc2S(=O)(=O)C1. The minimum Gasteiger partial charge on any atom is -0.492 e. The van der Waals surface area contributed by atoms with Gasteiger partial charge in [0.1, 0.15) is 5.75 Å². The first-order valence-corrected chi connectivity index (χ1v) is 13.7. The molecular weight excluding hydrogens is 446 g/mol. The summed E-state index contributed by atoms with van der Waals surface area (Å²) in [5.41, 5.74) is 1.18. The number of nitrogens with zero attached hydrogens (tertiary/aromatic N) is 1. The van der Waals surface area contributed by atoms with E-state index in [0.29, 0.717) is 18.0 Å². The molecule has 1 N–H and O–H groups in total. The highest BCUT2D eigenvalue weighted by molar-refractivity contribution is 7.98. The zero-order chi connectivity index (χ0) is 23.4. The maximum absolute atomic E-state index is 13.6. The van der Waals surface area contributed by atoms with Crippen molar-refractivity contribution in [1.82, 2.24) is 0 Å². The fraction of sp³-hybridized carbons (Fsp3) is 0.458. The van der Waals surface area contributed by atoms with Crippen molar-refractivity contribution < 1.29 is 23.1 Å². The van der Waals surface area contributed by atoms with Crippen LogP contribution >= 0.6 is 11.8 Å². The summed E-state index contributed by atoms with van der Waals surface area (Å²) >= 11 is 1.45. The quantitative estimate of drug-likeness (QED) is 0.485. The van der Waals surface area contributed by atoms with Crippen LogP contribution in [0.25, 0.3) is 0 Å². The zero-order valence-electron chi connectivity index (χ0n) is 18.8. The lowest BCUT2D eigenvalue weighted by molar-refractivity contribution is -0.137. The number of aliphatic carboxylic acids is 1. The molecule has 2 aromatic rings. The molecule has 8 heteroatoms. The maximum Gasteiger partial charge on any atom is 0.306 e. The van der Waals surface area contributed by atoms with Crippen LogP contribution in [0.4, 0.5) is 11.4 Å². The number of carboxylic acid groups (broad SMARTS) is 1. The number of sulfone groups is 1. The van der Waals surface area contributed by atoms with Crippen LogP contribution in [0.3, 0.4) is 0 Å². The van der Waals surface area contributed by atoms with E-state index in [9.17, 15) is 13.2 Å². The first-order chi connectivity index (χ1) is 15.2. The predicted octanol–water partition coefficient (Wildman–Crippen LogP) is 5.38. The first kappa shape index (κ1) is 24.5. The number of thioether (sulfide) groups is 1. The number of carbonyl (C=O) groups is 1. The highest BCUT2D eigenvalue weighted by atomic mass is 32.2. The van der Waals surface area contributed by atoms with Crippen LogP contribution in [0.5, 0.6) is 5.75 Å². The van der Waals surface area contributed by atoms with Gasteiger partial charge in [-0.15, -0.1) is 11.8 Å². The molecule has 32 heavy (non-hydrogen) atoms. The number of rotatable bonds is 9. The van der Waals surface area contributed by atoms with Crippen molar-refractivity contribution in [2.75, 3.05) is 30.1 Å². The van der Waals surface area contributed by atoms with Crippen molar-refractivity contribution in [2.45, 2.75) is 49.3 Å². The summed E-state index contributed by atoms with van der Waals surface area (Å²) in [5.74, 6) is -0.491. The molecule has 0 bridgehead atoms. The van der Waals surface area contributed by atoms with Gasteiger partial charge in [-0.05, 0) is 36.3 Å². The zero-order valence-corrected chi connectivity index (χ0v) is 20.5. The monoisotopic (exact) mass is 477 g/mol. The fourth-order valence-corrected chi connectivity index (χ4v) is 6.78.